The van der Waals surface area contributed by atoms with Crippen LogP contribution in [0.3, 0.4) is 0 Å². The van der Waals surface area contributed by atoms with Crippen molar-refractivity contribution < 1.29 is 14.2 Å². The number of nitrogens with zero attached hydrogens (tertiary/aromatic N) is 2. The molecule has 0 aliphatic carbocycles. The number of hydrogen-bond acceptors (Lipinski definition) is 3. The molecule has 2 rings (SSSR count). The molecule has 0 saturated carbocycles. The van der Waals surface area contributed by atoms with Crippen molar-refractivity contribution in [3.63, 3.8) is 0 Å². The van der Waals surface area contributed by atoms with Gasteiger partial charge in [0.15, 0.2) is 11.6 Å². The van der Waals surface area contributed by atoms with Gasteiger partial charge in [0, 0.05) is 18.8 Å². The van der Waals surface area contributed by atoms with Crippen molar-refractivity contribution in [2.45, 2.75) is 13.2 Å². The number of ether oxygens (including phenoxy) is 1. The van der Waals surface area contributed by atoms with Crippen LogP contribution in [-0.4, -0.2) is 14.9 Å². The third kappa shape index (κ3) is 2.62. The maximum Gasteiger partial charge on any atom is 0.165 e. The standard InChI is InChI=1S/C12H13FN2O2/c1-15-6-5-10(14-15)8-17-12-9(7-16)3-2-4-11(12)13/h2-6,16H,7-8H2,1H3. The smallest absolute Gasteiger partial charge is 0.165 e. The summed E-state index contributed by atoms with van der Waals surface area (Å²) in [7, 11) is 1.80. The van der Waals surface area contributed by atoms with Gasteiger partial charge in [-0.25, -0.2) is 4.39 Å². The third-order valence-corrected chi connectivity index (χ3v) is 2.35. The molecule has 2 aromatic rings. The molecular formula is C12H13FN2O2. The molecule has 4 nitrogen and oxygen atoms in total. The summed E-state index contributed by atoms with van der Waals surface area (Å²) in [6.07, 6.45) is 1.78. The van der Waals surface area contributed by atoms with E-state index in [0.29, 0.717) is 11.3 Å². The van der Waals surface area contributed by atoms with Gasteiger partial charge in [-0.3, -0.25) is 4.68 Å². The number of benzene rings is 1. The maximum absolute atomic E-state index is 13.5. The van der Waals surface area contributed by atoms with Gasteiger partial charge >= 0.3 is 0 Å². The van der Waals surface area contributed by atoms with Gasteiger partial charge in [-0.05, 0) is 12.1 Å². The second-order valence-corrected chi connectivity index (χ2v) is 3.66. The number of para-hydroxylation sites is 1. The molecule has 0 radical (unpaired) electrons. The first-order valence-electron chi connectivity index (χ1n) is 5.20. The monoisotopic (exact) mass is 236 g/mol. The number of halogens is 1. The molecule has 0 saturated heterocycles. The van der Waals surface area contributed by atoms with Gasteiger partial charge < -0.3 is 9.84 Å². The van der Waals surface area contributed by atoms with Gasteiger partial charge in [-0.15, -0.1) is 0 Å². The first kappa shape index (κ1) is 11.6. The van der Waals surface area contributed by atoms with E-state index in [1.807, 2.05) is 0 Å². The van der Waals surface area contributed by atoms with Gasteiger partial charge in [0.05, 0.1) is 12.3 Å². The van der Waals surface area contributed by atoms with Crippen LogP contribution in [-0.2, 0) is 20.3 Å². The lowest BCUT2D eigenvalue weighted by molar-refractivity contribution is 0.249. The van der Waals surface area contributed by atoms with Crippen LogP contribution < -0.4 is 4.74 Å². The average molecular weight is 236 g/mol. The molecule has 0 atom stereocenters. The molecule has 0 unspecified atom stereocenters. The fourth-order valence-electron chi connectivity index (χ4n) is 1.53. The normalized spacial score (nSPS) is 10.5. The molecule has 0 spiro atoms. The van der Waals surface area contributed by atoms with Crippen LogP contribution in [0.15, 0.2) is 30.5 Å². The lowest BCUT2D eigenvalue weighted by atomic mass is 10.2. The minimum absolute atomic E-state index is 0.0839. The van der Waals surface area contributed by atoms with E-state index in [4.69, 9.17) is 9.84 Å². The predicted molar refractivity (Wildman–Crippen MR) is 59.9 cm³/mol. The van der Waals surface area contributed by atoms with Crippen molar-refractivity contribution in [3.05, 3.63) is 47.5 Å². The van der Waals surface area contributed by atoms with E-state index < -0.39 is 5.82 Å². The van der Waals surface area contributed by atoms with Gasteiger partial charge in [-0.2, -0.15) is 5.10 Å². The van der Waals surface area contributed by atoms with Crippen LogP contribution in [0.1, 0.15) is 11.3 Å². The lowest BCUT2D eigenvalue weighted by Crippen LogP contribution is -2.02. The van der Waals surface area contributed by atoms with Crippen molar-refractivity contribution in [1.29, 1.82) is 0 Å². The van der Waals surface area contributed by atoms with Crippen LogP contribution >= 0.6 is 0 Å². The van der Waals surface area contributed by atoms with Crippen molar-refractivity contribution in [1.82, 2.24) is 9.78 Å². The zero-order valence-corrected chi connectivity index (χ0v) is 9.43. The summed E-state index contributed by atoms with van der Waals surface area (Å²) in [6.45, 7) is -0.0793. The Morgan fingerprint density at radius 3 is 2.88 bits per heavy atom. The van der Waals surface area contributed by atoms with E-state index in [1.54, 1.807) is 30.1 Å². The number of aromatic nitrogens is 2. The summed E-state index contributed by atoms with van der Waals surface area (Å²) < 4.78 is 20.5. The van der Waals surface area contributed by atoms with E-state index in [9.17, 15) is 4.39 Å². The summed E-state index contributed by atoms with van der Waals surface area (Å²) >= 11 is 0. The number of aliphatic hydroxyl groups excluding tert-OH is 1. The second kappa shape index (κ2) is 4.97. The van der Waals surface area contributed by atoms with Gasteiger partial charge in [0.2, 0.25) is 0 Å². The molecule has 0 amide bonds. The molecule has 90 valence electrons. The summed E-state index contributed by atoms with van der Waals surface area (Å²) in [6, 6.07) is 6.25. The Morgan fingerprint density at radius 1 is 1.41 bits per heavy atom. The summed E-state index contributed by atoms with van der Waals surface area (Å²) in [5.74, 6) is -0.395. The number of hydrogen-bond donors (Lipinski definition) is 1. The van der Waals surface area contributed by atoms with Crippen molar-refractivity contribution in [3.8, 4) is 5.75 Å². The zero-order valence-electron chi connectivity index (χ0n) is 9.43. The van der Waals surface area contributed by atoms with Gasteiger partial charge in [0.1, 0.15) is 6.61 Å². The fourth-order valence-corrected chi connectivity index (χ4v) is 1.53. The van der Waals surface area contributed by atoms with E-state index in [2.05, 4.69) is 5.10 Å². The van der Waals surface area contributed by atoms with E-state index in [-0.39, 0.29) is 19.0 Å². The first-order valence-corrected chi connectivity index (χ1v) is 5.20. The van der Waals surface area contributed by atoms with E-state index >= 15 is 0 Å². The molecule has 5 heteroatoms. The Labute approximate surface area is 98.3 Å². The van der Waals surface area contributed by atoms with Crippen molar-refractivity contribution >= 4 is 0 Å². The lowest BCUT2D eigenvalue weighted by Gasteiger charge is -2.09. The first-order chi connectivity index (χ1) is 8.20. The fraction of sp³-hybridized carbons (Fsp3) is 0.250. The van der Waals surface area contributed by atoms with Crippen molar-refractivity contribution in [2.75, 3.05) is 0 Å². The Hall–Kier alpha value is -1.88. The highest BCUT2D eigenvalue weighted by atomic mass is 19.1. The van der Waals surface area contributed by atoms with E-state index in [1.165, 1.54) is 12.1 Å². The quantitative estimate of drug-likeness (QED) is 0.877. The molecule has 1 aromatic heterocycles. The minimum Gasteiger partial charge on any atom is -0.484 e. The Morgan fingerprint density at radius 2 is 2.24 bits per heavy atom. The summed E-state index contributed by atoms with van der Waals surface area (Å²) in [4.78, 5) is 0. The highest BCUT2D eigenvalue weighted by Gasteiger charge is 2.09. The summed E-state index contributed by atoms with van der Waals surface area (Å²) in [5, 5.41) is 13.2. The predicted octanol–water partition coefficient (Wildman–Crippen LogP) is 1.63. The van der Waals surface area contributed by atoms with E-state index in [0.717, 1.165) is 0 Å². The largest absolute Gasteiger partial charge is 0.484 e. The number of aliphatic hydroxyl groups is 1. The van der Waals surface area contributed by atoms with Gasteiger partial charge in [-0.1, -0.05) is 12.1 Å². The Balaban J connectivity index is 2.13. The minimum atomic E-state index is -0.479. The number of aryl methyl sites for hydroxylation is 1. The van der Waals surface area contributed by atoms with Crippen molar-refractivity contribution in [2.24, 2.45) is 7.05 Å². The van der Waals surface area contributed by atoms with Crippen LogP contribution in [0, 0.1) is 5.82 Å². The zero-order chi connectivity index (χ0) is 12.3. The molecule has 17 heavy (non-hydrogen) atoms. The second-order valence-electron chi connectivity index (χ2n) is 3.66. The summed E-state index contributed by atoms with van der Waals surface area (Å²) in [5.41, 5.74) is 1.14. The van der Waals surface area contributed by atoms with Crippen LogP contribution in [0.5, 0.6) is 5.75 Å². The highest BCUT2D eigenvalue weighted by molar-refractivity contribution is 5.34. The molecule has 1 aromatic carbocycles. The highest BCUT2D eigenvalue weighted by Crippen LogP contribution is 2.23. The number of rotatable bonds is 4. The topological polar surface area (TPSA) is 47.3 Å². The molecule has 1 N–H and O–H groups in total. The molecular weight excluding hydrogens is 223 g/mol. The molecule has 0 aliphatic rings. The molecule has 1 heterocycles. The van der Waals surface area contributed by atoms with Gasteiger partial charge in [0.25, 0.3) is 0 Å². The maximum atomic E-state index is 13.5. The van der Waals surface area contributed by atoms with Crippen LogP contribution in [0.4, 0.5) is 4.39 Å². The molecule has 0 aliphatic heterocycles. The van der Waals surface area contributed by atoms with Crippen LogP contribution in [0.2, 0.25) is 0 Å². The SMILES string of the molecule is Cn1ccc(COc2c(F)cccc2CO)n1. The average Bonchev–Trinajstić information content (AvgIpc) is 2.73. The Bertz CT molecular complexity index is 511. The molecule has 0 bridgehead atoms. The molecule has 0 fully saturated rings. The third-order valence-electron chi connectivity index (χ3n) is 2.35. The van der Waals surface area contributed by atoms with Crippen LogP contribution in [0.25, 0.3) is 0 Å². The Kier molecular flexibility index (Phi) is 3.39.